The quantitative estimate of drug-likeness (QED) is 0.736. The van der Waals surface area contributed by atoms with Gasteiger partial charge in [-0.05, 0) is 39.8 Å². The van der Waals surface area contributed by atoms with E-state index in [9.17, 15) is 0 Å². The van der Waals surface area contributed by atoms with Crippen LogP contribution in [0.1, 0.15) is 32.1 Å². The van der Waals surface area contributed by atoms with E-state index in [4.69, 9.17) is 5.26 Å². The molecule has 0 bridgehead atoms. The van der Waals surface area contributed by atoms with Crippen molar-refractivity contribution >= 4 is 0 Å². The van der Waals surface area contributed by atoms with Crippen LogP contribution in [0.2, 0.25) is 0 Å². The van der Waals surface area contributed by atoms with Crippen LogP contribution >= 0.6 is 0 Å². The molecule has 1 N–H and O–H groups in total. The summed E-state index contributed by atoms with van der Waals surface area (Å²) in [5.41, 5.74) is 0. The molecule has 1 saturated carbocycles. The van der Waals surface area contributed by atoms with Crippen molar-refractivity contribution < 1.29 is 0 Å². The molecule has 0 unspecified atom stereocenters. The molecular formula is C11H21N3. The molecule has 0 amide bonds. The zero-order chi connectivity index (χ0) is 10.4. The summed E-state index contributed by atoms with van der Waals surface area (Å²) >= 11 is 0. The first-order valence-electron chi connectivity index (χ1n) is 5.52. The monoisotopic (exact) mass is 195 g/mol. The van der Waals surface area contributed by atoms with Gasteiger partial charge in [0.05, 0.1) is 6.07 Å². The maximum Gasteiger partial charge on any atom is 0.0635 e. The zero-order valence-corrected chi connectivity index (χ0v) is 9.29. The van der Waals surface area contributed by atoms with Gasteiger partial charge < -0.3 is 10.2 Å². The van der Waals surface area contributed by atoms with E-state index in [0.717, 1.165) is 12.6 Å². The molecule has 14 heavy (non-hydrogen) atoms. The molecule has 1 aliphatic rings. The van der Waals surface area contributed by atoms with Crippen molar-refractivity contribution in [2.75, 3.05) is 20.6 Å². The van der Waals surface area contributed by atoms with Gasteiger partial charge in [0.1, 0.15) is 0 Å². The number of rotatable bonds is 4. The maximum atomic E-state index is 8.51. The lowest BCUT2D eigenvalue weighted by Crippen LogP contribution is -2.40. The summed E-state index contributed by atoms with van der Waals surface area (Å²) in [6.07, 6.45) is 5.75. The molecule has 0 aromatic rings. The molecule has 0 radical (unpaired) electrons. The van der Waals surface area contributed by atoms with Gasteiger partial charge in [-0.1, -0.05) is 0 Å². The Balaban J connectivity index is 2.23. The second-order valence-corrected chi connectivity index (χ2v) is 4.18. The standard InChI is InChI=1S/C11H21N3/c1-13-10-4-6-11(7-5-10)14(2)9-3-8-12/h10-11,13H,3-7,9H2,1-2H3. The van der Waals surface area contributed by atoms with E-state index in [1.165, 1.54) is 25.7 Å². The zero-order valence-electron chi connectivity index (χ0n) is 9.29. The Morgan fingerprint density at radius 1 is 1.36 bits per heavy atom. The van der Waals surface area contributed by atoms with Crippen LogP contribution in [-0.2, 0) is 0 Å². The fourth-order valence-corrected chi connectivity index (χ4v) is 2.21. The van der Waals surface area contributed by atoms with E-state index in [1.54, 1.807) is 0 Å². The fraction of sp³-hybridized carbons (Fsp3) is 0.909. The number of nitrogens with one attached hydrogen (secondary N) is 1. The molecule has 0 heterocycles. The van der Waals surface area contributed by atoms with Crippen molar-refractivity contribution in [1.82, 2.24) is 10.2 Å². The highest BCUT2D eigenvalue weighted by Gasteiger charge is 2.22. The lowest BCUT2D eigenvalue weighted by Gasteiger charge is -2.34. The summed E-state index contributed by atoms with van der Waals surface area (Å²) in [6, 6.07) is 3.62. The van der Waals surface area contributed by atoms with Gasteiger partial charge in [0, 0.05) is 25.0 Å². The molecule has 1 aliphatic carbocycles. The topological polar surface area (TPSA) is 39.1 Å². The average Bonchev–Trinajstić information content (AvgIpc) is 2.26. The average molecular weight is 195 g/mol. The number of nitrogens with zero attached hydrogens (tertiary/aromatic N) is 2. The largest absolute Gasteiger partial charge is 0.317 e. The molecule has 0 atom stereocenters. The summed E-state index contributed by atoms with van der Waals surface area (Å²) in [5.74, 6) is 0. The van der Waals surface area contributed by atoms with Gasteiger partial charge in [-0.2, -0.15) is 5.26 Å². The second kappa shape index (κ2) is 6.00. The minimum absolute atomic E-state index is 0.655. The van der Waals surface area contributed by atoms with Crippen molar-refractivity contribution in [2.24, 2.45) is 0 Å². The van der Waals surface area contributed by atoms with Gasteiger partial charge in [-0.3, -0.25) is 0 Å². The van der Waals surface area contributed by atoms with Crippen molar-refractivity contribution in [1.29, 1.82) is 5.26 Å². The molecule has 80 valence electrons. The predicted octanol–water partition coefficient (Wildman–Crippen LogP) is 1.36. The molecule has 0 spiro atoms. The summed E-state index contributed by atoms with van der Waals surface area (Å²) in [6.45, 7) is 0.922. The van der Waals surface area contributed by atoms with Gasteiger partial charge in [-0.15, -0.1) is 0 Å². The van der Waals surface area contributed by atoms with Crippen LogP contribution in [0.5, 0.6) is 0 Å². The Bertz CT molecular complexity index is 189. The molecule has 0 aromatic carbocycles. The lowest BCUT2D eigenvalue weighted by molar-refractivity contribution is 0.179. The van der Waals surface area contributed by atoms with Crippen molar-refractivity contribution in [3.05, 3.63) is 0 Å². The van der Waals surface area contributed by atoms with Gasteiger partial charge in [0.15, 0.2) is 0 Å². The SMILES string of the molecule is CNC1CCC(N(C)CCC#N)CC1. The molecule has 3 nitrogen and oxygen atoms in total. The maximum absolute atomic E-state index is 8.51. The normalized spacial score (nSPS) is 27.6. The van der Waals surface area contributed by atoms with E-state index in [0.29, 0.717) is 12.5 Å². The first kappa shape index (κ1) is 11.5. The van der Waals surface area contributed by atoms with Crippen LogP contribution in [0.4, 0.5) is 0 Å². The third kappa shape index (κ3) is 3.28. The van der Waals surface area contributed by atoms with Crippen LogP contribution in [0.25, 0.3) is 0 Å². The Morgan fingerprint density at radius 2 is 2.00 bits per heavy atom. The Labute approximate surface area is 87.1 Å². The van der Waals surface area contributed by atoms with Crippen molar-refractivity contribution in [3.63, 3.8) is 0 Å². The van der Waals surface area contributed by atoms with Crippen molar-refractivity contribution in [2.45, 2.75) is 44.2 Å². The van der Waals surface area contributed by atoms with Gasteiger partial charge in [0.25, 0.3) is 0 Å². The first-order valence-corrected chi connectivity index (χ1v) is 5.52. The molecule has 1 rings (SSSR count). The van der Waals surface area contributed by atoms with Crippen LogP contribution < -0.4 is 5.32 Å². The summed E-state index contributed by atoms with van der Waals surface area (Å²) < 4.78 is 0. The Morgan fingerprint density at radius 3 is 2.50 bits per heavy atom. The fourth-order valence-electron chi connectivity index (χ4n) is 2.21. The molecular weight excluding hydrogens is 174 g/mol. The molecule has 0 aliphatic heterocycles. The van der Waals surface area contributed by atoms with Gasteiger partial charge >= 0.3 is 0 Å². The molecule has 0 aromatic heterocycles. The lowest BCUT2D eigenvalue weighted by atomic mass is 9.90. The number of hydrogen-bond acceptors (Lipinski definition) is 3. The van der Waals surface area contributed by atoms with E-state index >= 15 is 0 Å². The minimum atomic E-state index is 0.655. The number of hydrogen-bond donors (Lipinski definition) is 1. The second-order valence-electron chi connectivity index (χ2n) is 4.18. The highest BCUT2D eigenvalue weighted by atomic mass is 15.1. The van der Waals surface area contributed by atoms with Gasteiger partial charge in [0.2, 0.25) is 0 Å². The van der Waals surface area contributed by atoms with Crippen molar-refractivity contribution in [3.8, 4) is 6.07 Å². The summed E-state index contributed by atoms with van der Waals surface area (Å²) in [5, 5.41) is 11.8. The third-order valence-corrected chi connectivity index (χ3v) is 3.30. The smallest absolute Gasteiger partial charge is 0.0635 e. The third-order valence-electron chi connectivity index (χ3n) is 3.30. The Kier molecular flexibility index (Phi) is 4.92. The van der Waals surface area contributed by atoms with E-state index in [2.05, 4.69) is 23.3 Å². The summed E-state index contributed by atoms with van der Waals surface area (Å²) in [4.78, 5) is 2.34. The van der Waals surface area contributed by atoms with Crippen LogP contribution in [0, 0.1) is 11.3 Å². The highest BCUT2D eigenvalue weighted by Crippen LogP contribution is 2.22. The van der Waals surface area contributed by atoms with Crippen LogP contribution in [-0.4, -0.2) is 37.6 Å². The predicted molar refractivity (Wildman–Crippen MR) is 58.0 cm³/mol. The van der Waals surface area contributed by atoms with Crippen LogP contribution in [0.3, 0.4) is 0 Å². The van der Waals surface area contributed by atoms with Gasteiger partial charge in [-0.25, -0.2) is 0 Å². The molecule has 3 heteroatoms. The van der Waals surface area contributed by atoms with E-state index in [-0.39, 0.29) is 0 Å². The van der Waals surface area contributed by atoms with E-state index < -0.39 is 0 Å². The summed E-state index contributed by atoms with van der Waals surface area (Å²) in [7, 11) is 4.19. The minimum Gasteiger partial charge on any atom is -0.317 e. The number of nitriles is 1. The van der Waals surface area contributed by atoms with E-state index in [1.807, 2.05) is 7.05 Å². The Hall–Kier alpha value is -0.590. The first-order chi connectivity index (χ1) is 6.77. The molecule has 0 saturated heterocycles. The van der Waals surface area contributed by atoms with Crippen LogP contribution in [0.15, 0.2) is 0 Å². The highest BCUT2D eigenvalue weighted by molar-refractivity contribution is 4.82. The molecule has 1 fully saturated rings.